The normalized spacial score (nSPS) is 10.9. The predicted molar refractivity (Wildman–Crippen MR) is 133 cm³/mol. The molecule has 0 spiro atoms. The van der Waals surface area contributed by atoms with Crippen LogP contribution in [0.3, 0.4) is 0 Å². The first kappa shape index (κ1) is 25.1. The molecule has 0 heterocycles. The number of alkyl halides is 1. The number of rotatable bonds is 7. The number of thiol groups is 1. The van der Waals surface area contributed by atoms with Crippen LogP contribution in [0, 0.1) is 0 Å². The summed E-state index contributed by atoms with van der Waals surface area (Å²) in [6, 6.07) is 21.3. The van der Waals surface area contributed by atoms with E-state index in [4.69, 9.17) is 5.73 Å². The zero-order chi connectivity index (χ0) is 23.5. The van der Waals surface area contributed by atoms with Gasteiger partial charge in [-0.3, -0.25) is 14.4 Å². The maximum atomic E-state index is 13.1. The Kier molecular flexibility index (Phi) is 9.94. The molecule has 3 rings (SSSR count). The smallest absolute Gasteiger partial charge is 0.255 e. The Balaban J connectivity index is 0.00000176. The van der Waals surface area contributed by atoms with Crippen LogP contribution in [-0.4, -0.2) is 35.8 Å². The number of halogens is 1. The highest BCUT2D eigenvalue weighted by Crippen LogP contribution is 2.24. The third-order valence-corrected chi connectivity index (χ3v) is 4.78. The SMILES string of the molecule is CCl.NC(CS)C(=O)Nc1ccc(NC(=O)c2ccccc2)c(C(=O)c2ccccc2)c1. The summed E-state index contributed by atoms with van der Waals surface area (Å²) in [5.41, 5.74) is 7.62. The predicted octanol–water partition coefficient (Wildman–Crippen LogP) is 4.22. The van der Waals surface area contributed by atoms with Crippen LogP contribution in [0.15, 0.2) is 78.9 Å². The van der Waals surface area contributed by atoms with Gasteiger partial charge >= 0.3 is 0 Å². The van der Waals surface area contributed by atoms with Crippen molar-refractivity contribution in [1.29, 1.82) is 0 Å². The topological polar surface area (TPSA) is 101 Å². The van der Waals surface area contributed by atoms with Gasteiger partial charge in [0.05, 0.1) is 11.7 Å². The highest BCUT2D eigenvalue weighted by atomic mass is 35.5. The van der Waals surface area contributed by atoms with Crippen LogP contribution in [0.1, 0.15) is 26.3 Å². The van der Waals surface area contributed by atoms with Crippen molar-refractivity contribution in [3.05, 3.63) is 95.6 Å². The van der Waals surface area contributed by atoms with Crippen molar-refractivity contribution >= 4 is 53.2 Å². The first-order chi connectivity index (χ1) is 15.5. The number of nitrogens with one attached hydrogen (secondary N) is 2. The maximum Gasteiger partial charge on any atom is 0.255 e. The largest absolute Gasteiger partial charge is 0.325 e. The summed E-state index contributed by atoms with van der Waals surface area (Å²) in [4.78, 5) is 37.8. The summed E-state index contributed by atoms with van der Waals surface area (Å²) in [5, 5.41) is 5.46. The van der Waals surface area contributed by atoms with Crippen LogP contribution in [-0.2, 0) is 4.79 Å². The van der Waals surface area contributed by atoms with E-state index in [1.807, 2.05) is 12.1 Å². The number of hydrogen-bond donors (Lipinski definition) is 4. The van der Waals surface area contributed by atoms with E-state index in [0.717, 1.165) is 0 Å². The molecular weight excluding hydrogens is 446 g/mol. The fraction of sp³-hybridized carbons (Fsp3) is 0.125. The van der Waals surface area contributed by atoms with Crippen LogP contribution < -0.4 is 16.4 Å². The third-order valence-electron chi connectivity index (χ3n) is 4.39. The van der Waals surface area contributed by atoms with Gasteiger partial charge in [-0.05, 0) is 30.3 Å². The Morgan fingerprint density at radius 2 is 1.44 bits per heavy atom. The summed E-state index contributed by atoms with van der Waals surface area (Å²) in [6.45, 7) is 0. The van der Waals surface area contributed by atoms with Crippen molar-refractivity contribution in [2.45, 2.75) is 6.04 Å². The lowest BCUT2D eigenvalue weighted by Gasteiger charge is -2.15. The molecule has 0 fully saturated rings. The lowest BCUT2D eigenvalue weighted by Crippen LogP contribution is -2.37. The van der Waals surface area contributed by atoms with Gasteiger partial charge in [-0.1, -0.05) is 48.5 Å². The minimum atomic E-state index is -0.779. The molecule has 4 N–H and O–H groups in total. The molecule has 0 aromatic heterocycles. The van der Waals surface area contributed by atoms with Crippen molar-refractivity contribution in [1.82, 2.24) is 0 Å². The van der Waals surface area contributed by atoms with Crippen LogP contribution in [0.25, 0.3) is 0 Å². The number of amides is 2. The Labute approximate surface area is 197 Å². The summed E-state index contributed by atoms with van der Waals surface area (Å²) in [7, 11) is 0. The van der Waals surface area contributed by atoms with E-state index < -0.39 is 11.9 Å². The van der Waals surface area contributed by atoms with E-state index in [1.54, 1.807) is 60.7 Å². The fourth-order valence-corrected chi connectivity index (χ4v) is 2.93. The zero-order valence-corrected chi connectivity index (χ0v) is 19.1. The summed E-state index contributed by atoms with van der Waals surface area (Å²) in [5.74, 6) is -0.850. The number of anilines is 2. The summed E-state index contributed by atoms with van der Waals surface area (Å²) >= 11 is 8.66. The highest BCUT2D eigenvalue weighted by molar-refractivity contribution is 7.80. The molecule has 32 heavy (non-hydrogen) atoms. The summed E-state index contributed by atoms with van der Waals surface area (Å²) in [6.07, 6.45) is 1.47. The van der Waals surface area contributed by atoms with Gasteiger partial charge in [0.25, 0.3) is 5.91 Å². The average Bonchev–Trinajstić information content (AvgIpc) is 2.86. The number of carbonyl (C=O) groups is 3. The van der Waals surface area contributed by atoms with Crippen molar-refractivity contribution in [3.8, 4) is 0 Å². The van der Waals surface area contributed by atoms with E-state index in [-0.39, 0.29) is 23.0 Å². The molecule has 0 bridgehead atoms. The van der Waals surface area contributed by atoms with Crippen LogP contribution in [0.5, 0.6) is 0 Å². The Hall–Kier alpha value is -3.13. The van der Waals surface area contributed by atoms with Gasteiger partial charge in [0.1, 0.15) is 0 Å². The van der Waals surface area contributed by atoms with E-state index >= 15 is 0 Å². The Morgan fingerprint density at radius 3 is 2.00 bits per heavy atom. The molecule has 0 aliphatic rings. The minimum absolute atomic E-state index is 0.187. The quantitative estimate of drug-likeness (QED) is 0.236. The molecule has 3 aromatic rings. The van der Waals surface area contributed by atoms with Crippen molar-refractivity contribution < 1.29 is 14.4 Å². The first-order valence-electron chi connectivity index (χ1n) is 9.65. The Morgan fingerprint density at radius 1 is 0.875 bits per heavy atom. The molecule has 0 saturated carbocycles. The number of carbonyl (C=O) groups excluding carboxylic acids is 3. The molecule has 0 radical (unpaired) electrons. The van der Waals surface area contributed by atoms with Crippen molar-refractivity contribution in [3.63, 3.8) is 0 Å². The molecule has 2 amide bonds. The van der Waals surface area contributed by atoms with E-state index in [1.165, 1.54) is 12.4 Å². The molecule has 8 heteroatoms. The second-order valence-corrected chi connectivity index (χ2v) is 6.92. The lowest BCUT2D eigenvalue weighted by atomic mass is 10.0. The third kappa shape index (κ3) is 6.68. The van der Waals surface area contributed by atoms with Gasteiger partial charge in [-0.15, -0.1) is 11.6 Å². The van der Waals surface area contributed by atoms with Gasteiger partial charge in [-0.25, -0.2) is 0 Å². The molecule has 1 atom stereocenters. The van der Waals surface area contributed by atoms with Crippen LogP contribution in [0.4, 0.5) is 11.4 Å². The van der Waals surface area contributed by atoms with Crippen molar-refractivity contribution in [2.75, 3.05) is 22.8 Å². The van der Waals surface area contributed by atoms with Gasteiger partial charge < -0.3 is 16.4 Å². The van der Waals surface area contributed by atoms with E-state index in [2.05, 4.69) is 34.9 Å². The van der Waals surface area contributed by atoms with E-state index in [9.17, 15) is 14.4 Å². The number of benzene rings is 3. The fourth-order valence-electron chi connectivity index (χ4n) is 2.77. The second kappa shape index (κ2) is 12.7. The molecule has 0 saturated heterocycles. The molecule has 0 aliphatic heterocycles. The molecule has 1 unspecified atom stereocenters. The zero-order valence-electron chi connectivity index (χ0n) is 17.4. The molecular formula is C24H24ClN3O3S. The number of nitrogens with two attached hydrogens (primary N) is 1. The summed E-state index contributed by atoms with van der Waals surface area (Å²) < 4.78 is 0. The van der Waals surface area contributed by atoms with Crippen LogP contribution >= 0.6 is 24.2 Å². The maximum absolute atomic E-state index is 13.1. The Bertz CT molecular complexity index is 1060. The molecule has 166 valence electrons. The van der Waals surface area contributed by atoms with Gasteiger partial charge in [0.15, 0.2) is 5.78 Å². The average molecular weight is 470 g/mol. The second-order valence-electron chi connectivity index (χ2n) is 6.55. The van der Waals surface area contributed by atoms with Gasteiger partial charge in [0, 0.05) is 34.5 Å². The highest BCUT2D eigenvalue weighted by Gasteiger charge is 2.18. The number of ketones is 1. The first-order valence-corrected chi connectivity index (χ1v) is 11.0. The molecule has 6 nitrogen and oxygen atoms in total. The van der Waals surface area contributed by atoms with Gasteiger partial charge in [-0.2, -0.15) is 12.6 Å². The monoisotopic (exact) mass is 469 g/mol. The van der Waals surface area contributed by atoms with Crippen molar-refractivity contribution in [2.24, 2.45) is 5.73 Å². The molecule has 0 aliphatic carbocycles. The lowest BCUT2D eigenvalue weighted by molar-refractivity contribution is -0.116. The van der Waals surface area contributed by atoms with Gasteiger partial charge in [0.2, 0.25) is 5.91 Å². The number of hydrogen-bond acceptors (Lipinski definition) is 5. The standard InChI is InChI=1S/C23H21N3O3S.CH3Cl/c24-19(14-30)23(29)25-17-11-12-20(26-22(28)16-9-5-2-6-10-16)18(13-17)21(27)15-7-3-1-4-8-15;1-2/h1-13,19,30H,14,24H2,(H,25,29)(H,26,28);1H3. The van der Waals surface area contributed by atoms with E-state index in [0.29, 0.717) is 22.5 Å². The minimum Gasteiger partial charge on any atom is -0.325 e. The van der Waals surface area contributed by atoms with Crippen LogP contribution in [0.2, 0.25) is 0 Å². The molecule has 3 aromatic carbocycles.